The molecule has 1 aliphatic heterocycles. The first kappa shape index (κ1) is 34.5. The molecule has 1 saturated heterocycles. The molecule has 1 amide bonds. The fraction of sp³-hybridized carbons (Fsp3) is 0.200. The lowest BCUT2D eigenvalue weighted by molar-refractivity contribution is 0.0977. The summed E-state index contributed by atoms with van der Waals surface area (Å²) < 4.78 is 16.7. The van der Waals surface area contributed by atoms with Crippen molar-refractivity contribution in [2.24, 2.45) is 0 Å². The molecule has 1 fully saturated rings. The number of amides is 1. The largest absolute Gasteiger partial charge is 0.511 e. The lowest BCUT2D eigenvalue weighted by Crippen LogP contribution is -2.48. The number of anilines is 1. The minimum absolute atomic E-state index is 0.0198. The highest BCUT2D eigenvalue weighted by Crippen LogP contribution is 2.32. The van der Waals surface area contributed by atoms with E-state index >= 15 is 0 Å². The molecule has 0 spiro atoms. The van der Waals surface area contributed by atoms with Crippen LogP contribution in [-0.2, 0) is 6.54 Å². The third kappa shape index (κ3) is 9.21. The summed E-state index contributed by atoms with van der Waals surface area (Å²) in [4.78, 5) is 31.0. The Balaban J connectivity index is 1.05. The Bertz CT molecular complexity index is 1830. The predicted molar refractivity (Wildman–Crippen MR) is 193 cm³/mol. The minimum atomic E-state index is -1.48. The van der Waals surface area contributed by atoms with Crippen LogP contribution in [0, 0.1) is 0 Å². The molecule has 0 bridgehead atoms. The van der Waals surface area contributed by atoms with Gasteiger partial charge in [-0.3, -0.25) is 14.7 Å². The van der Waals surface area contributed by atoms with Crippen molar-refractivity contribution >= 4 is 29.5 Å². The molecule has 1 aliphatic rings. The first-order valence-electron chi connectivity index (χ1n) is 16.5. The monoisotopic (exact) mass is 691 g/mol. The molecule has 1 heterocycles. The van der Waals surface area contributed by atoms with Gasteiger partial charge in [0.05, 0.1) is 18.3 Å². The normalized spacial score (nSPS) is 14.0. The van der Waals surface area contributed by atoms with E-state index in [1.54, 1.807) is 42.5 Å². The number of halogens is 1. The summed E-state index contributed by atoms with van der Waals surface area (Å²) in [6.07, 6.45) is -2.16. The molecule has 5 aromatic carbocycles. The van der Waals surface area contributed by atoms with E-state index in [0.29, 0.717) is 18.1 Å². The van der Waals surface area contributed by atoms with E-state index in [-0.39, 0.29) is 24.0 Å². The van der Waals surface area contributed by atoms with Crippen LogP contribution in [0.3, 0.4) is 0 Å². The van der Waals surface area contributed by atoms with Crippen LogP contribution in [0.2, 0.25) is 5.02 Å². The molecule has 1 N–H and O–H groups in total. The van der Waals surface area contributed by atoms with Gasteiger partial charge in [-0.25, -0.2) is 9.59 Å². The van der Waals surface area contributed by atoms with E-state index in [1.807, 2.05) is 48.5 Å². The average Bonchev–Trinajstić information content (AvgIpc) is 3.14. The Morgan fingerprint density at radius 1 is 0.700 bits per heavy atom. The molecular weight excluding hydrogens is 654 g/mol. The first-order valence-corrected chi connectivity index (χ1v) is 16.8. The number of hydrogen-bond acceptors (Lipinski definition) is 7. The van der Waals surface area contributed by atoms with Crippen LogP contribution in [0.25, 0.3) is 0 Å². The maximum atomic E-state index is 13.4. The van der Waals surface area contributed by atoms with E-state index in [9.17, 15) is 14.7 Å². The smallest absolute Gasteiger partial charge is 0.492 e. The fourth-order valence-electron chi connectivity index (χ4n) is 6.06. The van der Waals surface area contributed by atoms with Crippen LogP contribution in [0.4, 0.5) is 15.3 Å². The molecule has 0 aliphatic carbocycles. The van der Waals surface area contributed by atoms with Gasteiger partial charge in [0.2, 0.25) is 0 Å². The van der Waals surface area contributed by atoms with Crippen LogP contribution in [-0.4, -0.2) is 66.5 Å². The van der Waals surface area contributed by atoms with Gasteiger partial charge in [-0.15, -0.1) is 0 Å². The van der Waals surface area contributed by atoms with Crippen LogP contribution in [0.5, 0.6) is 17.2 Å². The van der Waals surface area contributed by atoms with Gasteiger partial charge >= 0.3 is 12.2 Å². The molecule has 0 unspecified atom stereocenters. The lowest BCUT2D eigenvalue weighted by atomic mass is 9.96. The van der Waals surface area contributed by atoms with E-state index in [1.165, 1.54) is 22.1 Å². The molecule has 5 aromatic rings. The van der Waals surface area contributed by atoms with Gasteiger partial charge in [0.15, 0.2) is 5.75 Å². The topological polar surface area (TPSA) is 91.8 Å². The number of para-hydroxylation sites is 3. The lowest BCUT2D eigenvalue weighted by Gasteiger charge is -2.39. The standard InChI is InChI=1S/C40H38ClN3O6/c41-33-19-17-32(18-20-33)38(31-9-3-1-4-10-31)43-25-23-42(24-26-43)27-28-48-34-21-15-30(16-22-34)29-44(39(45)49-35-11-5-2-6-12-35)36-13-7-8-14-37(36)50-40(46)47/h1-22,38H,23-29H2,(H,46,47)/t38-/m1/s1. The number of benzene rings is 5. The summed E-state index contributed by atoms with van der Waals surface area (Å²) in [6, 6.07) is 41.5. The van der Waals surface area contributed by atoms with Crippen LogP contribution < -0.4 is 19.1 Å². The molecule has 10 heteroatoms. The van der Waals surface area contributed by atoms with Crippen molar-refractivity contribution in [1.82, 2.24) is 9.80 Å². The summed E-state index contributed by atoms with van der Waals surface area (Å²) in [6.45, 7) is 5.17. The maximum absolute atomic E-state index is 13.4. The molecular formula is C40H38ClN3O6. The Hall–Kier alpha value is -5.35. The number of ether oxygens (including phenoxy) is 3. The number of carbonyl (C=O) groups excluding carboxylic acids is 1. The van der Waals surface area contributed by atoms with Crippen molar-refractivity contribution in [3.8, 4) is 17.2 Å². The van der Waals surface area contributed by atoms with Crippen molar-refractivity contribution in [3.05, 3.63) is 155 Å². The SMILES string of the molecule is O=C(O)Oc1ccccc1N(Cc1ccc(OCCN2CCN([C@H](c3ccccc3)c3ccc(Cl)cc3)CC2)cc1)C(=O)Oc1ccccc1. The van der Waals surface area contributed by atoms with Crippen molar-refractivity contribution in [2.45, 2.75) is 12.6 Å². The van der Waals surface area contributed by atoms with Crippen molar-refractivity contribution in [1.29, 1.82) is 0 Å². The van der Waals surface area contributed by atoms with Crippen LogP contribution in [0.15, 0.2) is 133 Å². The van der Waals surface area contributed by atoms with Gasteiger partial charge in [-0.05, 0) is 65.2 Å². The highest BCUT2D eigenvalue weighted by Gasteiger charge is 2.27. The number of piperazine rings is 1. The highest BCUT2D eigenvalue weighted by molar-refractivity contribution is 6.30. The predicted octanol–water partition coefficient (Wildman–Crippen LogP) is 8.39. The van der Waals surface area contributed by atoms with Gasteiger partial charge in [0.25, 0.3) is 0 Å². The number of carbonyl (C=O) groups is 2. The summed E-state index contributed by atoms with van der Waals surface area (Å²) in [7, 11) is 0. The van der Waals surface area contributed by atoms with Crippen molar-refractivity contribution in [2.75, 3.05) is 44.2 Å². The first-order chi connectivity index (χ1) is 24.4. The second kappa shape index (κ2) is 16.8. The molecule has 0 saturated carbocycles. The molecule has 50 heavy (non-hydrogen) atoms. The Kier molecular flexibility index (Phi) is 11.6. The maximum Gasteiger partial charge on any atom is 0.511 e. The van der Waals surface area contributed by atoms with Crippen LogP contribution in [0.1, 0.15) is 22.7 Å². The van der Waals surface area contributed by atoms with Gasteiger partial charge in [0.1, 0.15) is 18.1 Å². The third-order valence-corrected chi connectivity index (χ3v) is 8.79. The van der Waals surface area contributed by atoms with E-state index in [4.69, 9.17) is 25.8 Å². The zero-order chi connectivity index (χ0) is 34.7. The quantitative estimate of drug-likeness (QED) is 0.103. The summed E-state index contributed by atoms with van der Waals surface area (Å²) >= 11 is 6.19. The number of hydrogen-bond donors (Lipinski definition) is 1. The molecule has 0 aromatic heterocycles. The van der Waals surface area contributed by atoms with Crippen LogP contribution >= 0.6 is 11.6 Å². The molecule has 0 radical (unpaired) electrons. The second-order valence-corrected chi connectivity index (χ2v) is 12.3. The zero-order valence-corrected chi connectivity index (χ0v) is 28.2. The van der Waals surface area contributed by atoms with Gasteiger partial charge in [-0.1, -0.05) is 96.5 Å². The molecule has 6 rings (SSSR count). The Morgan fingerprint density at radius 2 is 1.32 bits per heavy atom. The van der Waals surface area contributed by atoms with Gasteiger partial charge < -0.3 is 19.3 Å². The Morgan fingerprint density at radius 3 is 2.00 bits per heavy atom. The summed E-state index contributed by atoms with van der Waals surface area (Å²) in [5.74, 6) is 1.10. The summed E-state index contributed by atoms with van der Waals surface area (Å²) in [5, 5.41) is 10.0. The second-order valence-electron chi connectivity index (χ2n) is 11.8. The van der Waals surface area contributed by atoms with Gasteiger partial charge in [0, 0.05) is 37.7 Å². The average molecular weight is 692 g/mol. The fourth-order valence-corrected chi connectivity index (χ4v) is 6.18. The number of nitrogens with zero attached hydrogens (tertiary/aromatic N) is 3. The van der Waals surface area contributed by atoms with Crippen molar-refractivity contribution < 1.29 is 28.9 Å². The van der Waals surface area contributed by atoms with Crippen molar-refractivity contribution in [3.63, 3.8) is 0 Å². The third-order valence-electron chi connectivity index (χ3n) is 8.54. The van der Waals surface area contributed by atoms with E-state index < -0.39 is 12.2 Å². The highest BCUT2D eigenvalue weighted by atomic mass is 35.5. The van der Waals surface area contributed by atoms with E-state index in [2.05, 4.69) is 46.2 Å². The van der Waals surface area contributed by atoms with E-state index in [0.717, 1.165) is 43.3 Å². The minimum Gasteiger partial charge on any atom is -0.492 e. The molecule has 1 atom stereocenters. The molecule has 256 valence electrons. The summed E-state index contributed by atoms with van der Waals surface area (Å²) in [5.41, 5.74) is 3.55. The Labute approximate surface area is 296 Å². The zero-order valence-electron chi connectivity index (χ0n) is 27.4. The van der Waals surface area contributed by atoms with Gasteiger partial charge in [-0.2, -0.15) is 0 Å². The number of carboxylic acid groups (broad SMARTS) is 1. The number of rotatable bonds is 12. The molecule has 9 nitrogen and oxygen atoms in total.